The van der Waals surface area contributed by atoms with E-state index in [4.69, 9.17) is 10.5 Å². The lowest BCUT2D eigenvalue weighted by molar-refractivity contribution is 0.160. The van der Waals surface area contributed by atoms with E-state index in [2.05, 4.69) is 33.2 Å². The van der Waals surface area contributed by atoms with Gasteiger partial charge in [-0.2, -0.15) is 4.98 Å². The highest BCUT2D eigenvalue weighted by Crippen LogP contribution is 2.30. The molecule has 0 spiro atoms. The first-order valence-electron chi connectivity index (χ1n) is 11.5. The molecule has 6 nitrogen and oxygen atoms in total. The Labute approximate surface area is 190 Å². The largest absolute Gasteiger partial charge is 0.488 e. The highest BCUT2D eigenvalue weighted by molar-refractivity contribution is 5.70. The van der Waals surface area contributed by atoms with Crippen molar-refractivity contribution in [3.05, 3.63) is 66.2 Å². The predicted octanol–water partition coefficient (Wildman–Crippen LogP) is 4.78. The fraction of sp³-hybridized carbons (Fsp3) is 0.385. The van der Waals surface area contributed by atoms with Gasteiger partial charge in [-0.05, 0) is 56.5 Å². The van der Waals surface area contributed by atoms with Gasteiger partial charge in [0.2, 0.25) is 5.95 Å². The Morgan fingerprint density at radius 2 is 2.06 bits per heavy atom. The van der Waals surface area contributed by atoms with Crippen molar-refractivity contribution in [3.63, 3.8) is 0 Å². The van der Waals surface area contributed by atoms with Crippen LogP contribution in [0.2, 0.25) is 0 Å². The number of benzene rings is 2. The summed E-state index contributed by atoms with van der Waals surface area (Å²) < 4.78 is 6.09. The van der Waals surface area contributed by atoms with E-state index in [9.17, 15) is 0 Å². The van der Waals surface area contributed by atoms with Gasteiger partial charge in [0, 0.05) is 30.8 Å². The first kappa shape index (κ1) is 22.1. The van der Waals surface area contributed by atoms with Crippen molar-refractivity contribution in [1.29, 1.82) is 0 Å². The number of anilines is 2. The number of piperidine rings is 1. The monoisotopic (exact) mass is 430 g/mol. The number of nitrogens with zero attached hydrogens (tertiary/aromatic N) is 3. The standard InChI is InChI=1S/C26H32N5O/c1-20-10-7-8-16-31(20)17-9-15-28-25-18-23(29-26(27)30-25)22-13-5-6-14-24(22)32-19-21-11-3-2-4-12-21/h2-4,6,11-14,18,20H,7-10,15-17,19H2,1H3,(H3,27,28,29,30). The van der Waals surface area contributed by atoms with Crippen LogP contribution >= 0.6 is 0 Å². The van der Waals surface area contributed by atoms with Crippen LogP contribution in [0.15, 0.2) is 54.6 Å². The maximum absolute atomic E-state index is 6.09. The van der Waals surface area contributed by atoms with E-state index in [0.717, 1.165) is 47.9 Å². The number of nitrogens with two attached hydrogens (primary N) is 1. The van der Waals surface area contributed by atoms with Crippen LogP contribution in [-0.2, 0) is 6.61 Å². The topological polar surface area (TPSA) is 76.3 Å². The molecule has 3 aromatic rings. The van der Waals surface area contributed by atoms with E-state index in [1.54, 1.807) is 0 Å². The summed E-state index contributed by atoms with van der Waals surface area (Å²) in [6, 6.07) is 21.5. The first-order chi connectivity index (χ1) is 15.7. The number of hydrogen-bond donors (Lipinski definition) is 2. The minimum atomic E-state index is 0.243. The molecular weight excluding hydrogens is 398 g/mol. The van der Waals surface area contributed by atoms with Crippen LogP contribution in [0.4, 0.5) is 11.8 Å². The Kier molecular flexibility index (Phi) is 7.56. The van der Waals surface area contributed by atoms with E-state index in [-0.39, 0.29) is 5.95 Å². The van der Waals surface area contributed by atoms with E-state index < -0.39 is 0 Å². The van der Waals surface area contributed by atoms with Crippen molar-refractivity contribution in [3.8, 4) is 17.0 Å². The Balaban J connectivity index is 1.40. The molecule has 0 amide bonds. The number of hydrogen-bond acceptors (Lipinski definition) is 6. The van der Waals surface area contributed by atoms with Crippen LogP contribution in [-0.4, -0.2) is 40.5 Å². The van der Waals surface area contributed by atoms with Crippen LogP contribution in [0.25, 0.3) is 11.3 Å². The zero-order valence-electron chi connectivity index (χ0n) is 18.8. The quantitative estimate of drug-likeness (QED) is 0.476. The molecule has 2 heterocycles. The summed E-state index contributed by atoms with van der Waals surface area (Å²) in [6.45, 7) is 5.98. The lowest BCUT2D eigenvalue weighted by atomic mass is 10.0. The minimum absolute atomic E-state index is 0.243. The molecule has 0 bridgehead atoms. The fourth-order valence-electron chi connectivity index (χ4n) is 4.16. The Bertz CT molecular complexity index is 995. The molecule has 0 aliphatic carbocycles. The van der Waals surface area contributed by atoms with Crippen LogP contribution in [0.1, 0.15) is 38.2 Å². The number of aromatic nitrogens is 2. The molecule has 0 saturated carbocycles. The Morgan fingerprint density at radius 3 is 2.91 bits per heavy atom. The SMILES string of the molecule is CC1CCCCN1CCCNc1cc(-c2c[c]ccc2OCc2ccccc2)nc(N)n1. The summed E-state index contributed by atoms with van der Waals surface area (Å²) in [5.74, 6) is 1.72. The number of likely N-dealkylation sites (tertiary alicyclic amines) is 1. The third kappa shape index (κ3) is 5.98. The highest BCUT2D eigenvalue weighted by atomic mass is 16.5. The third-order valence-corrected chi connectivity index (χ3v) is 5.95. The molecule has 2 aromatic carbocycles. The van der Waals surface area contributed by atoms with Gasteiger partial charge in [0.15, 0.2) is 0 Å². The van der Waals surface area contributed by atoms with Gasteiger partial charge in [-0.25, -0.2) is 4.98 Å². The molecule has 1 aliphatic rings. The molecule has 32 heavy (non-hydrogen) atoms. The molecule has 4 rings (SSSR count). The molecule has 167 valence electrons. The van der Waals surface area contributed by atoms with Gasteiger partial charge in [-0.15, -0.1) is 0 Å². The van der Waals surface area contributed by atoms with Crippen molar-refractivity contribution >= 4 is 11.8 Å². The fourth-order valence-corrected chi connectivity index (χ4v) is 4.16. The average Bonchev–Trinajstić information content (AvgIpc) is 2.82. The van der Waals surface area contributed by atoms with Crippen LogP contribution < -0.4 is 15.8 Å². The van der Waals surface area contributed by atoms with Crippen molar-refractivity contribution in [2.75, 3.05) is 30.7 Å². The van der Waals surface area contributed by atoms with Crippen molar-refractivity contribution in [2.45, 2.75) is 45.3 Å². The number of rotatable bonds is 9. The normalized spacial score (nSPS) is 16.6. The second-order valence-electron chi connectivity index (χ2n) is 8.35. The van der Waals surface area contributed by atoms with Gasteiger partial charge in [-0.3, -0.25) is 0 Å². The summed E-state index contributed by atoms with van der Waals surface area (Å²) in [5.41, 5.74) is 8.72. The zero-order chi connectivity index (χ0) is 22.2. The van der Waals surface area contributed by atoms with E-state index >= 15 is 0 Å². The van der Waals surface area contributed by atoms with Gasteiger partial charge in [0.05, 0.1) is 5.69 Å². The van der Waals surface area contributed by atoms with Crippen LogP contribution in [0.5, 0.6) is 5.75 Å². The summed E-state index contributed by atoms with van der Waals surface area (Å²) in [7, 11) is 0. The summed E-state index contributed by atoms with van der Waals surface area (Å²) in [5, 5.41) is 3.42. The highest BCUT2D eigenvalue weighted by Gasteiger charge is 2.17. The number of nitrogens with one attached hydrogen (secondary N) is 1. The summed E-state index contributed by atoms with van der Waals surface area (Å²) >= 11 is 0. The van der Waals surface area contributed by atoms with Gasteiger partial charge >= 0.3 is 0 Å². The van der Waals surface area contributed by atoms with E-state index in [0.29, 0.717) is 12.6 Å². The predicted molar refractivity (Wildman–Crippen MR) is 129 cm³/mol. The average molecular weight is 431 g/mol. The molecule has 1 saturated heterocycles. The molecule has 1 unspecified atom stereocenters. The van der Waals surface area contributed by atoms with E-state index in [1.807, 2.05) is 54.6 Å². The number of ether oxygens (including phenoxy) is 1. The maximum atomic E-state index is 6.09. The lowest BCUT2D eigenvalue weighted by Crippen LogP contribution is -2.38. The van der Waals surface area contributed by atoms with Crippen LogP contribution in [0, 0.1) is 6.07 Å². The molecule has 1 aliphatic heterocycles. The van der Waals surface area contributed by atoms with Crippen molar-refractivity contribution in [2.24, 2.45) is 0 Å². The van der Waals surface area contributed by atoms with Gasteiger partial charge < -0.3 is 20.7 Å². The zero-order valence-corrected chi connectivity index (χ0v) is 18.8. The number of nitrogen functional groups attached to an aromatic ring is 1. The lowest BCUT2D eigenvalue weighted by Gasteiger charge is -2.33. The van der Waals surface area contributed by atoms with Crippen molar-refractivity contribution < 1.29 is 4.74 Å². The summed E-state index contributed by atoms with van der Waals surface area (Å²) in [6.07, 6.45) is 5.04. The molecular formula is C26H32N5O. The van der Waals surface area contributed by atoms with Gasteiger partial charge in [0.25, 0.3) is 0 Å². The Hall–Kier alpha value is -3.12. The molecule has 3 N–H and O–H groups in total. The molecule has 1 fully saturated rings. The van der Waals surface area contributed by atoms with Gasteiger partial charge in [0.1, 0.15) is 18.2 Å². The third-order valence-electron chi connectivity index (χ3n) is 5.95. The maximum Gasteiger partial charge on any atom is 0.222 e. The summed E-state index contributed by atoms with van der Waals surface area (Å²) in [4.78, 5) is 11.4. The van der Waals surface area contributed by atoms with E-state index in [1.165, 1.54) is 25.8 Å². The second kappa shape index (κ2) is 11.0. The smallest absolute Gasteiger partial charge is 0.222 e. The molecule has 1 aromatic heterocycles. The molecule has 1 atom stereocenters. The molecule has 1 radical (unpaired) electrons. The second-order valence-corrected chi connectivity index (χ2v) is 8.35. The van der Waals surface area contributed by atoms with Crippen LogP contribution in [0.3, 0.4) is 0 Å². The van der Waals surface area contributed by atoms with Crippen molar-refractivity contribution in [1.82, 2.24) is 14.9 Å². The first-order valence-corrected chi connectivity index (χ1v) is 11.5. The molecule has 6 heteroatoms. The Morgan fingerprint density at radius 1 is 1.19 bits per heavy atom. The van der Waals surface area contributed by atoms with Gasteiger partial charge in [-0.1, -0.05) is 42.8 Å². The minimum Gasteiger partial charge on any atom is -0.488 e.